The van der Waals surface area contributed by atoms with Gasteiger partial charge in [-0.3, -0.25) is 0 Å². The molecule has 1 saturated heterocycles. The van der Waals surface area contributed by atoms with Crippen molar-refractivity contribution >= 4 is 0 Å². The zero-order chi connectivity index (χ0) is 11.1. The molecule has 6 rings (SSSR count). The largest absolute Gasteiger partial charge is 0.381 e. The van der Waals surface area contributed by atoms with Gasteiger partial charge in [0, 0.05) is 10.8 Å². The molecule has 6 atom stereocenters. The van der Waals surface area contributed by atoms with Crippen LogP contribution in [0, 0.1) is 34.5 Å². The van der Waals surface area contributed by atoms with E-state index < -0.39 is 0 Å². The predicted octanol–water partition coefficient (Wildman–Crippen LogP) is 2.96. The van der Waals surface area contributed by atoms with Crippen LogP contribution in [-0.2, 0) is 4.74 Å². The van der Waals surface area contributed by atoms with E-state index in [1.165, 1.54) is 12.8 Å². The molecule has 0 aromatic carbocycles. The second kappa shape index (κ2) is 2.61. The van der Waals surface area contributed by atoms with Gasteiger partial charge in [0.25, 0.3) is 0 Å². The normalized spacial score (nSPS) is 60.7. The Morgan fingerprint density at radius 1 is 0.824 bits per heavy atom. The first-order chi connectivity index (χ1) is 8.37. The Morgan fingerprint density at radius 2 is 1.35 bits per heavy atom. The lowest BCUT2D eigenvalue weighted by atomic mass is 9.33. The van der Waals surface area contributed by atoms with Gasteiger partial charge < -0.3 is 4.74 Å². The van der Waals surface area contributed by atoms with Crippen LogP contribution < -0.4 is 0 Å². The van der Waals surface area contributed by atoms with Crippen LogP contribution in [0.5, 0.6) is 0 Å². The lowest BCUT2D eigenvalue weighted by Crippen LogP contribution is -2.64. The highest BCUT2D eigenvalue weighted by molar-refractivity contribution is 5.43. The number of ether oxygens (including phenoxy) is 1. The molecule has 6 aliphatic rings. The minimum absolute atomic E-state index is 0.468. The molecule has 1 heterocycles. The first kappa shape index (κ1) is 9.16. The molecule has 1 aliphatic heterocycles. The molecule has 17 heavy (non-hydrogen) atoms. The molecule has 0 spiro atoms. The molecule has 1 nitrogen and oxygen atoms in total. The third kappa shape index (κ3) is 0.753. The summed E-state index contributed by atoms with van der Waals surface area (Å²) in [5, 5.41) is 0. The van der Waals surface area contributed by atoms with Gasteiger partial charge in [0.15, 0.2) is 0 Å². The molecular weight excluding hydrogens is 208 g/mol. The zero-order valence-corrected chi connectivity index (χ0v) is 10.0. The van der Waals surface area contributed by atoms with Crippen LogP contribution in [0.1, 0.15) is 12.8 Å². The summed E-state index contributed by atoms with van der Waals surface area (Å²) in [6.07, 6.45) is 17.5. The monoisotopic (exact) mass is 226 g/mol. The van der Waals surface area contributed by atoms with Crippen molar-refractivity contribution in [2.45, 2.75) is 12.8 Å². The second-order valence-electron chi connectivity index (χ2n) is 6.60. The Morgan fingerprint density at radius 3 is 1.82 bits per heavy atom. The summed E-state index contributed by atoms with van der Waals surface area (Å²) >= 11 is 0. The maximum absolute atomic E-state index is 5.81. The number of hydrogen-bond acceptors (Lipinski definition) is 1. The highest BCUT2D eigenvalue weighted by atomic mass is 16.5. The summed E-state index contributed by atoms with van der Waals surface area (Å²) < 4.78 is 5.81. The van der Waals surface area contributed by atoms with Crippen molar-refractivity contribution in [1.82, 2.24) is 0 Å². The third-order valence-electron chi connectivity index (χ3n) is 6.43. The van der Waals surface area contributed by atoms with Crippen molar-refractivity contribution in [3.8, 4) is 0 Å². The van der Waals surface area contributed by atoms with E-state index in [9.17, 15) is 0 Å². The van der Waals surface area contributed by atoms with Gasteiger partial charge in [0.05, 0.1) is 13.2 Å². The Kier molecular flexibility index (Phi) is 1.41. The van der Waals surface area contributed by atoms with Gasteiger partial charge in [-0.25, -0.2) is 0 Å². The summed E-state index contributed by atoms with van der Waals surface area (Å²) in [6.45, 7) is 2.01. The van der Waals surface area contributed by atoms with Crippen LogP contribution in [0.4, 0.5) is 0 Å². The van der Waals surface area contributed by atoms with Crippen LogP contribution in [0.2, 0.25) is 0 Å². The van der Waals surface area contributed by atoms with Crippen LogP contribution >= 0.6 is 0 Å². The van der Waals surface area contributed by atoms with E-state index in [4.69, 9.17) is 4.74 Å². The van der Waals surface area contributed by atoms with Gasteiger partial charge in [0.1, 0.15) is 0 Å². The fourth-order valence-electron chi connectivity index (χ4n) is 5.66. The van der Waals surface area contributed by atoms with Crippen molar-refractivity contribution in [1.29, 1.82) is 0 Å². The second-order valence-corrected chi connectivity index (χ2v) is 6.60. The van der Waals surface area contributed by atoms with Gasteiger partial charge in [0.2, 0.25) is 0 Å². The number of allylic oxidation sites excluding steroid dienone is 6. The highest BCUT2D eigenvalue weighted by Gasteiger charge is 2.69. The smallest absolute Gasteiger partial charge is 0.0504 e. The molecule has 0 radical (unpaired) electrons. The van der Waals surface area contributed by atoms with E-state index in [1.807, 2.05) is 0 Å². The highest BCUT2D eigenvalue weighted by Crippen LogP contribution is 2.74. The number of rotatable bonds is 0. The van der Waals surface area contributed by atoms with E-state index in [-0.39, 0.29) is 0 Å². The van der Waals surface area contributed by atoms with Crippen LogP contribution in [0.15, 0.2) is 36.5 Å². The lowest BCUT2D eigenvalue weighted by molar-refractivity contribution is -0.0976. The van der Waals surface area contributed by atoms with E-state index in [1.54, 1.807) is 0 Å². The Balaban J connectivity index is 1.75. The van der Waals surface area contributed by atoms with Crippen LogP contribution in [0.3, 0.4) is 0 Å². The Labute approximate surface area is 102 Å². The molecule has 1 heteroatoms. The predicted molar refractivity (Wildman–Crippen MR) is 66.3 cm³/mol. The topological polar surface area (TPSA) is 9.23 Å². The molecule has 0 amide bonds. The molecule has 2 fully saturated rings. The van der Waals surface area contributed by atoms with Crippen molar-refractivity contribution < 1.29 is 4.74 Å². The Hall–Kier alpha value is -0.820. The maximum Gasteiger partial charge on any atom is 0.0504 e. The molecule has 2 bridgehead atoms. The van der Waals surface area contributed by atoms with E-state index in [0.29, 0.717) is 10.8 Å². The van der Waals surface area contributed by atoms with Crippen molar-refractivity contribution in [3.63, 3.8) is 0 Å². The van der Waals surface area contributed by atoms with Gasteiger partial charge in [-0.15, -0.1) is 0 Å². The Bertz CT molecular complexity index is 434. The third-order valence-corrected chi connectivity index (χ3v) is 6.43. The van der Waals surface area contributed by atoms with Crippen LogP contribution in [0.25, 0.3) is 0 Å². The molecule has 0 N–H and O–H groups in total. The standard InChI is InChI=1S/C16H18O/c1-2-6-16-8-7-15(16,5-1)13-3-4-14(16)12-10-17-9-11(12)13/h1-4,7-8,11-14H,5-6,9-10H2/t11-,12-,13+,14+,15-,16-/m0/s1. The molecule has 0 unspecified atom stereocenters. The van der Waals surface area contributed by atoms with Crippen molar-refractivity contribution in [3.05, 3.63) is 36.5 Å². The fourth-order valence-corrected chi connectivity index (χ4v) is 5.66. The molecule has 5 aliphatic carbocycles. The summed E-state index contributed by atoms with van der Waals surface area (Å²) in [6, 6.07) is 0. The molecule has 88 valence electrons. The molecule has 0 aromatic heterocycles. The fraction of sp³-hybridized carbons (Fsp3) is 0.625. The minimum atomic E-state index is 0.468. The van der Waals surface area contributed by atoms with Gasteiger partial charge in [-0.2, -0.15) is 0 Å². The average molecular weight is 226 g/mol. The maximum atomic E-state index is 5.81. The summed E-state index contributed by atoms with van der Waals surface area (Å²) in [5.74, 6) is 3.09. The average Bonchev–Trinajstić information content (AvgIpc) is 2.81. The van der Waals surface area contributed by atoms with Crippen LogP contribution in [-0.4, -0.2) is 13.2 Å². The zero-order valence-electron chi connectivity index (χ0n) is 10.0. The summed E-state index contributed by atoms with van der Waals surface area (Å²) in [7, 11) is 0. The van der Waals surface area contributed by atoms with E-state index in [0.717, 1.165) is 36.9 Å². The minimum Gasteiger partial charge on any atom is -0.381 e. The quantitative estimate of drug-likeness (QED) is 0.577. The first-order valence-electron chi connectivity index (χ1n) is 6.99. The number of hydrogen-bond donors (Lipinski definition) is 0. The van der Waals surface area contributed by atoms with E-state index in [2.05, 4.69) is 36.5 Å². The van der Waals surface area contributed by atoms with Gasteiger partial charge in [-0.05, 0) is 36.5 Å². The van der Waals surface area contributed by atoms with Crippen molar-refractivity contribution in [2.24, 2.45) is 34.5 Å². The summed E-state index contributed by atoms with van der Waals surface area (Å²) in [4.78, 5) is 0. The molecule has 0 aromatic rings. The lowest BCUT2D eigenvalue weighted by Gasteiger charge is -2.69. The molecular formula is C16H18O. The van der Waals surface area contributed by atoms with Gasteiger partial charge in [-0.1, -0.05) is 36.5 Å². The first-order valence-corrected chi connectivity index (χ1v) is 6.99. The summed E-state index contributed by atoms with van der Waals surface area (Å²) in [5.41, 5.74) is 0.937. The van der Waals surface area contributed by atoms with E-state index >= 15 is 0 Å². The van der Waals surface area contributed by atoms with Crippen molar-refractivity contribution in [2.75, 3.05) is 13.2 Å². The molecule has 1 saturated carbocycles. The van der Waals surface area contributed by atoms with Gasteiger partial charge >= 0.3 is 0 Å². The SMILES string of the molecule is C1=CC[C@@]23C=C[C@@]2(C1)[C@@H]1C=C[C@@H]3[C@H]2COC[C@@H]21.